The molecule has 18 heavy (non-hydrogen) atoms. The Kier molecular flexibility index (Phi) is 3.24. The van der Waals surface area contributed by atoms with Crippen molar-refractivity contribution in [1.82, 2.24) is 4.90 Å². The van der Waals surface area contributed by atoms with Gasteiger partial charge in [0.1, 0.15) is 0 Å². The fourth-order valence-corrected chi connectivity index (χ4v) is 2.10. The lowest BCUT2D eigenvalue weighted by atomic mass is 9.86. The highest BCUT2D eigenvalue weighted by atomic mass is 16.2. The zero-order valence-electron chi connectivity index (χ0n) is 11.2. The maximum atomic E-state index is 12.1. The molecule has 1 fully saturated rings. The molecule has 1 aliphatic rings. The van der Waals surface area contributed by atoms with E-state index in [2.05, 4.69) is 20.8 Å². The molecule has 1 aliphatic heterocycles. The zero-order valence-corrected chi connectivity index (χ0v) is 11.2. The van der Waals surface area contributed by atoms with Crippen molar-refractivity contribution in [3.8, 4) is 0 Å². The predicted molar refractivity (Wildman–Crippen MR) is 70.7 cm³/mol. The Balaban J connectivity index is 2.15. The van der Waals surface area contributed by atoms with Gasteiger partial charge in [-0.15, -0.1) is 0 Å². The van der Waals surface area contributed by atoms with E-state index in [1.54, 1.807) is 4.90 Å². The third kappa shape index (κ3) is 2.61. The van der Waals surface area contributed by atoms with E-state index in [1.165, 1.54) is 5.56 Å². The second-order valence-corrected chi connectivity index (χ2v) is 5.84. The molecule has 1 aromatic rings. The molecule has 0 atom stereocenters. The van der Waals surface area contributed by atoms with Crippen LogP contribution in [-0.2, 0) is 10.2 Å². The highest BCUT2D eigenvalue weighted by molar-refractivity contribution is 5.98. The minimum atomic E-state index is -0.0405. The number of Topliss-reactive ketones (excluding diaryl/α,β-unsaturated/α-hetero) is 1. The van der Waals surface area contributed by atoms with E-state index in [9.17, 15) is 9.59 Å². The van der Waals surface area contributed by atoms with Crippen LogP contribution in [-0.4, -0.2) is 29.7 Å². The Morgan fingerprint density at radius 1 is 1.17 bits per heavy atom. The second-order valence-electron chi connectivity index (χ2n) is 5.84. The molecule has 0 N–H and O–H groups in total. The Morgan fingerprint density at radius 2 is 1.78 bits per heavy atom. The monoisotopic (exact) mass is 245 g/mol. The number of amides is 1. The molecule has 0 bridgehead atoms. The Hall–Kier alpha value is -1.64. The van der Waals surface area contributed by atoms with Crippen molar-refractivity contribution in [2.45, 2.75) is 32.6 Å². The van der Waals surface area contributed by atoms with Crippen LogP contribution in [0.1, 0.15) is 43.1 Å². The molecule has 3 nitrogen and oxygen atoms in total. The van der Waals surface area contributed by atoms with Crippen LogP contribution >= 0.6 is 0 Å². The van der Waals surface area contributed by atoms with Crippen LogP contribution in [0.5, 0.6) is 0 Å². The third-order valence-electron chi connectivity index (χ3n) is 3.31. The van der Waals surface area contributed by atoms with Crippen LogP contribution in [0, 0.1) is 0 Å². The molecule has 1 aromatic carbocycles. The first-order valence-electron chi connectivity index (χ1n) is 6.29. The van der Waals surface area contributed by atoms with Gasteiger partial charge >= 0.3 is 0 Å². The summed E-state index contributed by atoms with van der Waals surface area (Å²) in [6.45, 7) is 7.24. The number of hydrogen-bond donors (Lipinski definition) is 0. The Labute approximate surface area is 108 Å². The summed E-state index contributed by atoms with van der Waals surface area (Å²) >= 11 is 0. The largest absolute Gasteiger partial charge is 0.331 e. The number of ketones is 1. The molecule has 2 rings (SSSR count). The van der Waals surface area contributed by atoms with Crippen LogP contribution in [0.4, 0.5) is 0 Å². The van der Waals surface area contributed by atoms with Gasteiger partial charge in [-0.1, -0.05) is 32.9 Å². The summed E-state index contributed by atoms with van der Waals surface area (Å²) in [7, 11) is 0. The van der Waals surface area contributed by atoms with Gasteiger partial charge in [-0.25, -0.2) is 0 Å². The minimum absolute atomic E-state index is 0.0405. The molecular weight excluding hydrogens is 226 g/mol. The van der Waals surface area contributed by atoms with E-state index >= 15 is 0 Å². The summed E-state index contributed by atoms with van der Waals surface area (Å²) in [6.07, 6.45) is 0.492. The highest BCUT2D eigenvalue weighted by Gasteiger charge is 2.25. The molecule has 0 aliphatic carbocycles. The summed E-state index contributed by atoms with van der Waals surface area (Å²) in [6, 6.07) is 7.69. The van der Waals surface area contributed by atoms with Crippen LogP contribution < -0.4 is 0 Å². The summed E-state index contributed by atoms with van der Waals surface area (Å²) < 4.78 is 0. The quantitative estimate of drug-likeness (QED) is 0.762. The number of rotatable bonds is 1. The number of likely N-dealkylation sites (tertiary alicyclic amines) is 1. The number of nitrogens with zero attached hydrogens (tertiary/aromatic N) is 1. The van der Waals surface area contributed by atoms with Gasteiger partial charge in [-0.05, 0) is 23.1 Å². The van der Waals surface area contributed by atoms with E-state index < -0.39 is 0 Å². The van der Waals surface area contributed by atoms with Crippen molar-refractivity contribution in [1.29, 1.82) is 0 Å². The molecule has 1 heterocycles. The first-order chi connectivity index (χ1) is 8.38. The summed E-state index contributed by atoms with van der Waals surface area (Å²) in [5, 5.41) is 0. The standard InChI is InChI=1S/C15H19NO2/c1-15(2,3)12-6-4-11(5-7-12)14(18)16-9-8-13(17)10-16/h4-7H,8-10H2,1-3H3. The lowest BCUT2D eigenvalue weighted by Gasteiger charge is -2.20. The van der Waals surface area contributed by atoms with Gasteiger partial charge in [0.25, 0.3) is 5.91 Å². The molecule has 0 unspecified atom stereocenters. The van der Waals surface area contributed by atoms with Crippen LogP contribution in [0.25, 0.3) is 0 Å². The average molecular weight is 245 g/mol. The predicted octanol–water partition coefficient (Wildman–Crippen LogP) is 2.40. The van der Waals surface area contributed by atoms with Crippen molar-refractivity contribution >= 4 is 11.7 Å². The molecule has 96 valence electrons. The van der Waals surface area contributed by atoms with Gasteiger partial charge in [-0.2, -0.15) is 0 Å². The molecule has 0 saturated carbocycles. The van der Waals surface area contributed by atoms with Crippen molar-refractivity contribution < 1.29 is 9.59 Å². The SMILES string of the molecule is CC(C)(C)c1ccc(C(=O)N2CCC(=O)C2)cc1. The molecule has 1 amide bonds. The first kappa shape index (κ1) is 12.8. The average Bonchev–Trinajstić information content (AvgIpc) is 2.74. The van der Waals surface area contributed by atoms with Gasteiger partial charge < -0.3 is 4.90 Å². The fraction of sp³-hybridized carbons (Fsp3) is 0.467. The molecular formula is C15H19NO2. The van der Waals surface area contributed by atoms with Gasteiger partial charge in [0.15, 0.2) is 5.78 Å². The van der Waals surface area contributed by atoms with Crippen molar-refractivity contribution in [3.63, 3.8) is 0 Å². The second kappa shape index (κ2) is 4.56. The van der Waals surface area contributed by atoms with Gasteiger partial charge in [0.05, 0.1) is 6.54 Å². The molecule has 3 heteroatoms. The smallest absolute Gasteiger partial charge is 0.254 e. The van der Waals surface area contributed by atoms with Crippen LogP contribution in [0.3, 0.4) is 0 Å². The summed E-state index contributed by atoms with van der Waals surface area (Å²) in [5.41, 5.74) is 1.96. The minimum Gasteiger partial charge on any atom is -0.331 e. The highest BCUT2D eigenvalue weighted by Crippen LogP contribution is 2.22. The number of hydrogen-bond acceptors (Lipinski definition) is 2. The normalized spacial score (nSPS) is 16.2. The molecule has 0 radical (unpaired) electrons. The first-order valence-corrected chi connectivity index (χ1v) is 6.29. The van der Waals surface area contributed by atoms with E-state index in [4.69, 9.17) is 0 Å². The maximum Gasteiger partial charge on any atom is 0.254 e. The fourth-order valence-electron chi connectivity index (χ4n) is 2.10. The number of benzene rings is 1. The number of carbonyl (C=O) groups excluding carboxylic acids is 2. The lowest BCUT2D eigenvalue weighted by molar-refractivity contribution is -0.116. The lowest BCUT2D eigenvalue weighted by Crippen LogP contribution is -2.28. The van der Waals surface area contributed by atoms with Crippen molar-refractivity contribution in [2.24, 2.45) is 0 Å². The molecule has 0 spiro atoms. The van der Waals surface area contributed by atoms with Gasteiger partial charge in [0.2, 0.25) is 0 Å². The summed E-state index contributed by atoms with van der Waals surface area (Å²) in [5.74, 6) is 0.107. The van der Waals surface area contributed by atoms with E-state index in [-0.39, 0.29) is 23.7 Å². The zero-order chi connectivity index (χ0) is 13.3. The molecule has 0 aromatic heterocycles. The maximum absolute atomic E-state index is 12.1. The van der Waals surface area contributed by atoms with E-state index in [0.717, 1.165) is 0 Å². The number of carbonyl (C=O) groups is 2. The topological polar surface area (TPSA) is 37.4 Å². The van der Waals surface area contributed by atoms with Crippen molar-refractivity contribution in [2.75, 3.05) is 13.1 Å². The Bertz CT molecular complexity index is 468. The van der Waals surface area contributed by atoms with E-state index in [1.807, 2.05) is 24.3 Å². The van der Waals surface area contributed by atoms with Crippen LogP contribution in [0.15, 0.2) is 24.3 Å². The van der Waals surface area contributed by atoms with E-state index in [0.29, 0.717) is 18.5 Å². The summed E-state index contributed by atoms with van der Waals surface area (Å²) in [4.78, 5) is 24.9. The van der Waals surface area contributed by atoms with Crippen LogP contribution in [0.2, 0.25) is 0 Å². The van der Waals surface area contributed by atoms with Crippen molar-refractivity contribution in [3.05, 3.63) is 35.4 Å². The third-order valence-corrected chi connectivity index (χ3v) is 3.31. The van der Waals surface area contributed by atoms with Gasteiger partial charge in [-0.3, -0.25) is 9.59 Å². The molecule has 1 saturated heterocycles. The Morgan fingerprint density at radius 3 is 2.22 bits per heavy atom. The van der Waals surface area contributed by atoms with Gasteiger partial charge in [0, 0.05) is 18.5 Å².